The zero-order chi connectivity index (χ0) is 17.8. The molecule has 0 spiro atoms. The van der Waals surface area contributed by atoms with Crippen LogP contribution in [-0.4, -0.2) is 26.0 Å². The van der Waals surface area contributed by atoms with E-state index in [0.717, 1.165) is 42.1 Å². The first kappa shape index (κ1) is 15.8. The zero-order valence-electron chi connectivity index (χ0n) is 15.4. The minimum Gasteiger partial charge on any atom is -0.294 e. The molecule has 3 heterocycles. The minimum absolute atomic E-state index is 0.0710. The summed E-state index contributed by atoms with van der Waals surface area (Å²) in [7, 11) is 0. The molecule has 134 valence electrons. The number of hydrogen-bond donors (Lipinski definition) is 1. The Morgan fingerprint density at radius 1 is 1.19 bits per heavy atom. The van der Waals surface area contributed by atoms with E-state index in [4.69, 9.17) is 4.98 Å². The number of fused-ring (bicyclic) bond motifs is 2. The molecule has 2 aromatic heterocycles. The van der Waals surface area contributed by atoms with Gasteiger partial charge in [0.05, 0.1) is 11.3 Å². The van der Waals surface area contributed by atoms with Crippen molar-refractivity contribution in [3.8, 4) is 0 Å². The molecule has 0 saturated heterocycles. The first-order chi connectivity index (χ1) is 12.6. The number of H-pyrrole nitrogens is 1. The topological polar surface area (TPSA) is 53.4 Å². The molecule has 0 radical (unpaired) electrons. The van der Waals surface area contributed by atoms with E-state index in [0.29, 0.717) is 12.5 Å². The lowest BCUT2D eigenvalue weighted by Gasteiger charge is -2.27. The van der Waals surface area contributed by atoms with Crippen molar-refractivity contribution in [3.63, 3.8) is 0 Å². The molecule has 1 saturated carbocycles. The predicted molar refractivity (Wildman–Crippen MR) is 102 cm³/mol. The third-order valence-corrected chi connectivity index (χ3v) is 5.85. The van der Waals surface area contributed by atoms with Crippen molar-refractivity contribution in [2.24, 2.45) is 0 Å². The number of nitrogens with zero attached hydrogens (tertiary/aromatic N) is 3. The number of nitrogens with one attached hydrogen (secondary N) is 1. The second-order valence-electron chi connectivity index (χ2n) is 7.90. The summed E-state index contributed by atoms with van der Waals surface area (Å²) in [4.78, 5) is 20.1. The Balaban J connectivity index is 1.45. The van der Waals surface area contributed by atoms with Gasteiger partial charge in [-0.15, -0.1) is 0 Å². The van der Waals surface area contributed by atoms with E-state index in [1.165, 1.54) is 29.5 Å². The van der Waals surface area contributed by atoms with Crippen molar-refractivity contribution in [2.75, 3.05) is 6.54 Å². The zero-order valence-corrected chi connectivity index (χ0v) is 15.4. The summed E-state index contributed by atoms with van der Waals surface area (Å²) in [5.74, 6) is 0.592. The summed E-state index contributed by atoms with van der Waals surface area (Å²) in [6.45, 7) is 6.79. The second-order valence-corrected chi connectivity index (χ2v) is 7.90. The Morgan fingerprint density at radius 2 is 2.04 bits per heavy atom. The van der Waals surface area contributed by atoms with Crippen LogP contribution in [0, 0.1) is 13.8 Å². The third kappa shape index (κ3) is 2.67. The van der Waals surface area contributed by atoms with Gasteiger partial charge in [0, 0.05) is 43.7 Å². The van der Waals surface area contributed by atoms with Crippen LogP contribution >= 0.6 is 0 Å². The molecular formula is C21H24N4O. The molecule has 3 aromatic rings. The predicted octanol–water partition coefficient (Wildman–Crippen LogP) is 3.08. The number of hydrogen-bond acceptors (Lipinski definition) is 3. The molecule has 1 aliphatic carbocycles. The Hall–Kier alpha value is -2.40. The monoisotopic (exact) mass is 348 g/mol. The van der Waals surface area contributed by atoms with Crippen LogP contribution < -0.4 is 5.56 Å². The van der Waals surface area contributed by atoms with Gasteiger partial charge < -0.3 is 0 Å². The summed E-state index contributed by atoms with van der Waals surface area (Å²) in [6.07, 6.45) is 3.27. The summed E-state index contributed by atoms with van der Waals surface area (Å²) in [5, 5.41) is 3.28. The first-order valence-corrected chi connectivity index (χ1v) is 9.50. The molecule has 2 aliphatic rings. The Morgan fingerprint density at radius 3 is 2.81 bits per heavy atom. The Bertz CT molecular complexity index is 1060. The lowest BCUT2D eigenvalue weighted by atomic mass is 10.0. The fraction of sp³-hybridized carbons (Fsp3) is 0.429. The molecule has 0 bridgehead atoms. The second kappa shape index (κ2) is 5.81. The summed E-state index contributed by atoms with van der Waals surface area (Å²) < 4.78 is 1.64. The van der Waals surface area contributed by atoms with Gasteiger partial charge in [-0.25, -0.2) is 9.50 Å². The van der Waals surface area contributed by atoms with Gasteiger partial charge in [-0.05, 0) is 43.4 Å². The Labute approximate surface area is 152 Å². The van der Waals surface area contributed by atoms with Gasteiger partial charge in [-0.3, -0.25) is 14.8 Å². The van der Waals surface area contributed by atoms with E-state index < -0.39 is 0 Å². The van der Waals surface area contributed by atoms with Crippen molar-refractivity contribution in [1.29, 1.82) is 0 Å². The highest BCUT2D eigenvalue weighted by Gasteiger charge is 2.27. The largest absolute Gasteiger partial charge is 0.294 e. The molecule has 26 heavy (non-hydrogen) atoms. The highest BCUT2D eigenvalue weighted by atomic mass is 16.1. The van der Waals surface area contributed by atoms with Crippen LogP contribution in [0.15, 0.2) is 29.1 Å². The van der Waals surface area contributed by atoms with E-state index in [1.54, 1.807) is 4.52 Å². The standard InChI is InChI=1S/C21H24N4O/c1-13-3-4-15(9-14(13)2)11-24-8-7-18-17(12-24)21(26)25-20(22-18)10-19(23-25)16-5-6-16/h3-4,9-10,16,23H,5-8,11-12H2,1-2H3. The van der Waals surface area contributed by atoms with Crippen molar-refractivity contribution < 1.29 is 0 Å². The maximum atomic E-state index is 13.0. The number of benzene rings is 1. The van der Waals surface area contributed by atoms with Crippen molar-refractivity contribution in [1.82, 2.24) is 19.5 Å². The van der Waals surface area contributed by atoms with E-state index in [9.17, 15) is 4.79 Å². The molecule has 5 nitrogen and oxygen atoms in total. The lowest BCUT2D eigenvalue weighted by Crippen LogP contribution is -2.36. The number of aryl methyl sites for hydroxylation is 2. The van der Waals surface area contributed by atoms with E-state index in [1.807, 2.05) is 0 Å². The van der Waals surface area contributed by atoms with Gasteiger partial charge in [-0.2, -0.15) is 0 Å². The van der Waals surface area contributed by atoms with Crippen LogP contribution in [0.3, 0.4) is 0 Å². The van der Waals surface area contributed by atoms with Gasteiger partial charge in [0.25, 0.3) is 5.56 Å². The number of aromatic amines is 1. The summed E-state index contributed by atoms with van der Waals surface area (Å²) >= 11 is 0. The molecule has 0 atom stereocenters. The molecule has 5 rings (SSSR count). The third-order valence-electron chi connectivity index (χ3n) is 5.85. The van der Waals surface area contributed by atoms with Gasteiger partial charge >= 0.3 is 0 Å². The highest BCUT2D eigenvalue weighted by Crippen LogP contribution is 2.39. The molecule has 1 N–H and O–H groups in total. The summed E-state index contributed by atoms with van der Waals surface area (Å²) in [6, 6.07) is 8.69. The number of aromatic nitrogens is 3. The van der Waals surface area contributed by atoms with E-state index in [2.05, 4.69) is 48.1 Å². The molecule has 0 unspecified atom stereocenters. The van der Waals surface area contributed by atoms with E-state index >= 15 is 0 Å². The van der Waals surface area contributed by atoms with Gasteiger partial charge in [0.2, 0.25) is 0 Å². The van der Waals surface area contributed by atoms with Gasteiger partial charge in [0.1, 0.15) is 0 Å². The molecule has 1 fully saturated rings. The molecule has 5 heteroatoms. The van der Waals surface area contributed by atoms with Gasteiger partial charge in [0.15, 0.2) is 5.65 Å². The molecule has 1 aromatic carbocycles. The first-order valence-electron chi connectivity index (χ1n) is 9.50. The fourth-order valence-electron chi connectivity index (χ4n) is 3.95. The quantitative estimate of drug-likeness (QED) is 0.791. The summed E-state index contributed by atoms with van der Waals surface area (Å²) in [5.41, 5.74) is 7.78. The average Bonchev–Trinajstić information content (AvgIpc) is 3.39. The smallest absolute Gasteiger partial charge is 0.277 e. The van der Waals surface area contributed by atoms with E-state index in [-0.39, 0.29) is 5.56 Å². The average molecular weight is 348 g/mol. The van der Waals surface area contributed by atoms with Gasteiger partial charge in [-0.1, -0.05) is 18.2 Å². The SMILES string of the molecule is Cc1ccc(CN2CCc3nc4cc(C5CC5)[nH]n4c(=O)c3C2)cc1C. The maximum absolute atomic E-state index is 13.0. The van der Waals surface area contributed by atoms with Crippen LogP contribution in [0.2, 0.25) is 0 Å². The van der Waals surface area contributed by atoms with Crippen LogP contribution in [0.1, 0.15) is 52.4 Å². The van der Waals surface area contributed by atoms with Crippen LogP contribution in [-0.2, 0) is 19.5 Å². The molecule has 1 aliphatic heterocycles. The minimum atomic E-state index is 0.0710. The van der Waals surface area contributed by atoms with Crippen LogP contribution in [0.4, 0.5) is 0 Å². The van der Waals surface area contributed by atoms with Crippen LogP contribution in [0.5, 0.6) is 0 Å². The van der Waals surface area contributed by atoms with Crippen molar-refractivity contribution in [3.05, 3.63) is 68.3 Å². The molecule has 0 amide bonds. The number of rotatable bonds is 3. The lowest BCUT2D eigenvalue weighted by molar-refractivity contribution is 0.241. The maximum Gasteiger partial charge on any atom is 0.277 e. The highest BCUT2D eigenvalue weighted by molar-refractivity contribution is 5.44. The Kier molecular flexibility index (Phi) is 3.54. The van der Waals surface area contributed by atoms with Crippen LogP contribution in [0.25, 0.3) is 5.65 Å². The fourth-order valence-corrected chi connectivity index (χ4v) is 3.95. The normalized spacial score (nSPS) is 17.6. The molecular weight excluding hydrogens is 324 g/mol. The van der Waals surface area contributed by atoms with Crippen molar-refractivity contribution in [2.45, 2.75) is 52.1 Å². The van der Waals surface area contributed by atoms with Crippen molar-refractivity contribution >= 4 is 5.65 Å².